The van der Waals surface area contributed by atoms with Crippen LogP contribution in [0.1, 0.15) is 84.3 Å². The molecule has 5 heteroatoms. The maximum atomic E-state index is 10.9. The highest BCUT2D eigenvalue weighted by Gasteiger charge is 2.70. The van der Waals surface area contributed by atoms with Gasteiger partial charge < -0.3 is 24.1 Å². The summed E-state index contributed by atoms with van der Waals surface area (Å²) in [5.41, 5.74) is 1.10. The minimum absolute atomic E-state index is 0.0348. The highest BCUT2D eigenvalue weighted by molar-refractivity contribution is 5.48. The molecule has 1 saturated carbocycles. The Balaban J connectivity index is 1.47. The van der Waals surface area contributed by atoms with Crippen molar-refractivity contribution in [2.45, 2.75) is 110 Å². The molecule has 0 radical (unpaired) electrons. The van der Waals surface area contributed by atoms with E-state index in [9.17, 15) is 5.11 Å². The van der Waals surface area contributed by atoms with Crippen molar-refractivity contribution in [2.75, 3.05) is 7.11 Å². The van der Waals surface area contributed by atoms with Crippen LogP contribution in [-0.4, -0.2) is 35.3 Å². The number of methoxy groups -OCH3 is 1. The fourth-order valence-electron chi connectivity index (χ4n) is 6.91. The molecule has 5 unspecified atom stereocenters. The highest BCUT2D eigenvalue weighted by Crippen LogP contribution is 2.67. The summed E-state index contributed by atoms with van der Waals surface area (Å²) in [4.78, 5) is 0. The van der Waals surface area contributed by atoms with Crippen molar-refractivity contribution >= 4 is 0 Å². The lowest BCUT2D eigenvalue weighted by molar-refractivity contribution is -0.311. The molecule has 0 amide bonds. The van der Waals surface area contributed by atoms with E-state index in [2.05, 4.69) is 39.8 Å². The average Bonchev–Trinajstić information content (AvgIpc) is 3.15. The fourth-order valence-corrected chi connectivity index (χ4v) is 6.91. The Hall–Kier alpha value is -1.72. The number of benzene rings is 1. The standard InChI is InChI=1S/C28H40O5/c1-18-13-20(30-7)14-19-9-12-26(5,32-23(18)19)16-21-15-25(4)10-8-11-27(25,6)28(31-21)17-22(29)24(2,3)33-28/h13-15,22,29H,8-12,16-17H2,1-7H3. The van der Waals surface area contributed by atoms with Crippen LogP contribution in [0, 0.1) is 17.8 Å². The second-order valence-electron chi connectivity index (χ2n) is 12.2. The number of ether oxygens (including phenoxy) is 4. The molecule has 1 aromatic carbocycles. The molecule has 4 aliphatic rings. The van der Waals surface area contributed by atoms with E-state index in [0.717, 1.165) is 54.9 Å². The van der Waals surface area contributed by atoms with Crippen molar-refractivity contribution in [2.24, 2.45) is 10.8 Å². The quantitative estimate of drug-likeness (QED) is 0.619. The van der Waals surface area contributed by atoms with Crippen LogP contribution >= 0.6 is 0 Å². The van der Waals surface area contributed by atoms with Crippen molar-refractivity contribution in [3.63, 3.8) is 0 Å². The van der Waals surface area contributed by atoms with Crippen molar-refractivity contribution in [1.82, 2.24) is 0 Å². The van der Waals surface area contributed by atoms with Crippen LogP contribution in [0.15, 0.2) is 24.0 Å². The van der Waals surface area contributed by atoms with Crippen molar-refractivity contribution in [3.8, 4) is 11.5 Å². The molecule has 3 aliphatic heterocycles. The molecule has 2 fully saturated rings. The Labute approximate surface area is 198 Å². The summed E-state index contributed by atoms with van der Waals surface area (Å²) in [5, 5.41) is 10.9. The first-order chi connectivity index (χ1) is 15.3. The number of hydrogen-bond acceptors (Lipinski definition) is 5. The van der Waals surface area contributed by atoms with Gasteiger partial charge in [0.2, 0.25) is 5.79 Å². The Morgan fingerprint density at radius 2 is 1.82 bits per heavy atom. The summed E-state index contributed by atoms with van der Waals surface area (Å²) in [5.74, 6) is 1.99. The zero-order valence-corrected chi connectivity index (χ0v) is 21.3. The lowest BCUT2D eigenvalue weighted by atomic mass is 9.60. The molecule has 5 atom stereocenters. The maximum absolute atomic E-state index is 10.9. The van der Waals surface area contributed by atoms with Crippen LogP contribution in [0.3, 0.4) is 0 Å². The zero-order chi connectivity index (χ0) is 23.9. The van der Waals surface area contributed by atoms with E-state index in [1.807, 2.05) is 19.9 Å². The number of aliphatic hydroxyl groups is 1. The maximum Gasteiger partial charge on any atom is 0.219 e. The van der Waals surface area contributed by atoms with E-state index in [1.165, 1.54) is 5.56 Å². The molecule has 1 aliphatic carbocycles. The average molecular weight is 457 g/mol. The van der Waals surface area contributed by atoms with Crippen LogP contribution in [0.2, 0.25) is 0 Å². The first-order valence-electron chi connectivity index (χ1n) is 12.5. The van der Waals surface area contributed by atoms with Gasteiger partial charge in [-0.1, -0.05) is 20.3 Å². The van der Waals surface area contributed by atoms with Gasteiger partial charge in [0.15, 0.2) is 0 Å². The van der Waals surface area contributed by atoms with E-state index >= 15 is 0 Å². The van der Waals surface area contributed by atoms with Gasteiger partial charge in [-0.15, -0.1) is 0 Å². The van der Waals surface area contributed by atoms with Gasteiger partial charge in [-0.25, -0.2) is 0 Å². The third kappa shape index (κ3) is 3.33. The summed E-state index contributed by atoms with van der Waals surface area (Å²) in [6, 6.07) is 4.13. The van der Waals surface area contributed by atoms with E-state index < -0.39 is 17.5 Å². The van der Waals surface area contributed by atoms with Gasteiger partial charge in [-0.2, -0.15) is 0 Å². The largest absolute Gasteiger partial charge is 0.497 e. The van der Waals surface area contributed by atoms with Gasteiger partial charge in [0.1, 0.15) is 22.9 Å². The highest BCUT2D eigenvalue weighted by atomic mass is 16.7. The molecule has 5 nitrogen and oxygen atoms in total. The van der Waals surface area contributed by atoms with Crippen molar-refractivity contribution in [3.05, 3.63) is 35.1 Å². The van der Waals surface area contributed by atoms with Crippen LogP contribution in [0.25, 0.3) is 0 Å². The van der Waals surface area contributed by atoms with Gasteiger partial charge in [-0.05, 0) is 82.7 Å². The third-order valence-corrected chi connectivity index (χ3v) is 9.32. The Bertz CT molecular complexity index is 998. The second-order valence-corrected chi connectivity index (χ2v) is 12.2. The van der Waals surface area contributed by atoms with E-state index in [4.69, 9.17) is 18.9 Å². The SMILES string of the molecule is COc1cc(C)c2c(c1)CCC(C)(CC1=CC3(C)CCCC3(C)C3(CC(O)C(C)(C)O3)O1)O2. The molecule has 5 rings (SSSR count). The van der Waals surface area contributed by atoms with Crippen LogP contribution in [-0.2, 0) is 15.9 Å². The molecular formula is C28H40O5. The fraction of sp³-hybridized carbons (Fsp3) is 0.714. The summed E-state index contributed by atoms with van der Waals surface area (Å²) in [6.07, 6.45) is 8.14. The molecule has 0 aromatic heterocycles. The molecule has 1 spiro atoms. The molecule has 3 heterocycles. The van der Waals surface area contributed by atoms with Gasteiger partial charge >= 0.3 is 0 Å². The summed E-state index contributed by atoms with van der Waals surface area (Å²) < 4.78 is 25.6. The van der Waals surface area contributed by atoms with Gasteiger partial charge in [0.25, 0.3) is 0 Å². The molecule has 1 saturated heterocycles. The number of allylic oxidation sites excluding steroid dienone is 1. The van der Waals surface area contributed by atoms with Crippen LogP contribution in [0.4, 0.5) is 0 Å². The Kier molecular flexibility index (Phi) is 4.99. The lowest BCUT2D eigenvalue weighted by Crippen LogP contribution is -2.57. The van der Waals surface area contributed by atoms with E-state index in [-0.39, 0.29) is 16.4 Å². The number of aryl methyl sites for hydroxylation is 2. The number of hydrogen-bond donors (Lipinski definition) is 1. The summed E-state index contributed by atoms with van der Waals surface area (Å²) in [6.45, 7) is 12.9. The number of aliphatic hydroxyl groups excluding tert-OH is 1. The van der Waals surface area contributed by atoms with Crippen molar-refractivity contribution in [1.29, 1.82) is 0 Å². The Morgan fingerprint density at radius 1 is 1.06 bits per heavy atom. The topological polar surface area (TPSA) is 57.2 Å². The molecule has 1 aromatic rings. The molecule has 33 heavy (non-hydrogen) atoms. The first kappa shape index (κ1) is 23.0. The predicted octanol–water partition coefficient (Wildman–Crippen LogP) is 5.84. The Morgan fingerprint density at radius 3 is 2.48 bits per heavy atom. The summed E-state index contributed by atoms with van der Waals surface area (Å²) >= 11 is 0. The van der Waals surface area contributed by atoms with Crippen molar-refractivity contribution < 1.29 is 24.1 Å². The second kappa shape index (κ2) is 7.14. The van der Waals surface area contributed by atoms with Crippen LogP contribution in [0.5, 0.6) is 11.5 Å². The predicted molar refractivity (Wildman–Crippen MR) is 127 cm³/mol. The molecule has 0 bridgehead atoms. The molecule has 1 N–H and O–H groups in total. The van der Waals surface area contributed by atoms with Gasteiger partial charge in [0.05, 0.1) is 18.8 Å². The monoisotopic (exact) mass is 456 g/mol. The van der Waals surface area contributed by atoms with Gasteiger partial charge in [0, 0.05) is 23.7 Å². The normalized spacial score (nSPS) is 41.1. The molecular weight excluding hydrogens is 416 g/mol. The minimum atomic E-state index is -0.808. The van der Waals surface area contributed by atoms with E-state index in [0.29, 0.717) is 12.8 Å². The van der Waals surface area contributed by atoms with E-state index in [1.54, 1.807) is 7.11 Å². The van der Waals surface area contributed by atoms with Crippen LogP contribution < -0.4 is 9.47 Å². The zero-order valence-electron chi connectivity index (χ0n) is 21.3. The number of rotatable bonds is 3. The minimum Gasteiger partial charge on any atom is -0.497 e. The first-order valence-corrected chi connectivity index (χ1v) is 12.5. The lowest BCUT2D eigenvalue weighted by Gasteiger charge is -2.55. The smallest absolute Gasteiger partial charge is 0.219 e. The third-order valence-electron chi connectivity index (χ3n) is 9.32. The van der Waals surface area contributed by atoms with Gasteiger partial charge in [-0.3, -0.25) is 0 Å². The molecule has 182 valence electrons. The summed E-state index contributed by atoms with van der Waals surface area (Å²) in [7, 11) is 1.71. The number of fused-ring (bicyclic) bond motifs is 3.